The minimum Gasteiger partial charge on any atom is -0.237 e. The predicted octanol–water partition coefficient (Wildman–Crippen LogP) is 2.47. The van der Waals surface area contributed by atoms with Crippen LogP contribution in [-0.2, 0) is 11.0 Å². The summed E-state index contributed by atoms with van der Waals surface area (Å²) in [5.41, 5.74) is -0.110. The Balaban J connectivity index is 2.70. The van der Waals surface area contributed by atoms with E-state index in [1.807, 2.05) is 39.1 Å². The van der Waals surface area contributed by atoms with Crippen LogP contribution >= 0.6 is 11.3 Å². The van der Waals surface area contributed by atoms with Crippen LogP contribution in [0.1, 0.15) is 25.6 Å². The van der Waals surface area contributed by atoms with Gasteiger partial charge >= 0.3 is 0 Å². The van der Waals surface area contributed by atoms with Crippen molar-refractivity contribution in [1.29, 1.82) is 0 Å². The van der Waals surface area contributed by atoms with Gasteiger partial charge in [-0.25, -0.2) is 8.93 Å². The molecule has 1 heterocycles. The number of rotatable bonds is 2. The molecule has 0 fully saturated rings. The number of thiophene rings is 1. The monoisotopic (exact) mass is 217 g/mol. The van der Waals surface area contributed by atoms with Gasteiger partial charge in [-0.2, -0.15) is 0 Å². The van der Waals surface area contributed by atoms with Crippen molar-refractivity contribution in [3.8, 4) is 0 Å². The van der Waals surface area contributed by atoms with Crippen molar-refractivity contribution in [1.82, 2.24) is 4.72 Å². The number of hydrogen-bond donors (Lipinski definition) is 1. The summed E-state index contributed by atoms with van der Waals surface area (Å²) in [6, 6.07) is 1.96. The van der Waals surface area contributed by atoms with Crippen LogP contribution in [0.15, 0.2) is 16.3 Å². The van der Waals surface area contributed by atoms with Gasteiger partial charge in [0.25, 0.3) is 0 Å². The van der Waals surface area contributed by atoms with E-state index in [-0.39, 0.29) is 5.54 Å². The van der Waals surface area contributed by atoms with Crippen molar-refractivity contribution in [2.75, 3.05) is 0 Å². The summed E-state index contributed by atoms with van der Waals surface area (Å²) in [4.78, 5) is 2.07. The molecule has 0 radical (unpaired) electrons. The van der Waals surface area contributed by atoms with E-state index in [2.05, 4.69) is 4.72 Å². The van der Waals surface area contributed by atoms with E-state index in [4.69, 9.17) is 0 Å². The van der Waals surface area contributed by atoms with Gasteiger partial charge in [-0.3, -0.25) is 0 Å². The maximum atomic E-state index is 11.7. The molecule has 1 unspecified atom stereocenters. The van der Waals surface area contributed by atoms with Crippen LogP contribution in [0, 0.1) is 6.92 Å². The minimum atomic E-state index is -1.07. The van der Waals surface area contributed by atoms with Crippen LogP contribution in [0.4, 0.5) is 0 Å². The van der Waals surface area contributed by atoms with Crippen molar-refractivity contribution < 1.29 is 4.21 Å². The average Bonchev–Trinajstić information content (AvgIpc) is 2.31. The van der Waals surface area contributed by atoms with Gasteiger partial charge in [-0.1, -0.05) is 0 Å². The highest BCUT2D eigenvalue weighted by atomic mass is 32.2. The van der Waals surface area contributed by atoms with E-state index in [0.717, 1.165) is 4.90 Å². The maximum Gasteiger partial charge on any atom is 0.126 e. The van der Waals surface area contributed by atoms with Gasteiger partial charge in [0, 0.05) is 15.8 Å². The Morgan fingerprint density at radius 3 is 2.46 bits per heavy atom. The molecule has 1 N–H and O–H groups in total. The third-order valence-corrected chi connectivity index (χ3v) is 3.79. The van der Waals surface area contributed by atoms with Gasteiger partial charge in [-0.05, 0) is 33.8 Å². The van der Waals surface area contributed by atoms with Crippen molar-refractivity contribution in [2.45, 2.75) is 38.1 Å². The minimum absolute atomic E-state index is 0.110. The molecule has 1 rings (SSSR count). The molecule has 0 aliphatic carbocycles. The molecular formula is C9H15NOS2. The molecule has 4 heteroatoms. The van der Waals surface area contributed by atoms with Crippen LogP contribution in [0.2, 0.25) is 0 Å². The van der Waals surface area contributed by atoms with Crippen molar-refractivity contribution >= 4 is 22.3 Å². The normalized spacial score (nSPS) is 14.5. The smallest absolute Gasteiger partial charge is 0.126 e. The Kier molecular flexibility index (Phi) is 3.27. The van der Waals surface area contributed by atoms with E-state index < -0.39 is 11.0 Å². The Morgan fingerprint density at radius 2 is 2.08 bits per heavy atom. The average molecular weight is 217 g/mol. The summed E-state index contributed by atoms with van der Waals surface area (Å²) in [6.45, 7) is 8.03. The molecule has 0 spiro atoms. The molecule has 0 aromatic carbocycles. The molecule has 0 amide bonds. The highest BCUT2D eigenvalue weighted by molar-refractivity contribution is 7.83. The quantitative estimate of drug-likeness (QED) is 0.810. The lowest BCUT2D eigenvalue weighted by molar-refractivity contribution is 0.520. The number of nitrogens with one attached hydrogen (secondary N) is 1. The maximum absolute atomic E-state index is 11.7. The first-order valence-electron chi connectivity index (χ1n) is 4.13. The van der Waals surface area contributed by atoms with Gasteiger partial charge < -0.3 is 0 Å². The van der Waals surface area contributed by atoms with Gasteiger partial charge in [0.05, 0.1) is 4.90 Å². The van der Waals surface area contributed by atoms with Crippen LogP contribution in [0.5, 0.6) is 0 Å². The topological polar surface area (TPSA) is 29.1 Å². The highest BCUT2D eigenvalue weighted by Gasteiger charge is 2.15. The molecule has 1 aromatic heterocycles. The lowest BCUT2D eigenvalue weighted by Gasteiger charge is -2.18. The van der Waals surface area contributed by atoms with Crippen molar-refractivity contribution in [3.63, 3.8) is 0 Å². The Morgan fingerprint density at radius 1 is 1.46 bits per heavy atom. The van der Waals surface area contributed by atoms with Crippen molar-refractivity contribution in [3.05, 3.63) is 16.3 Å². The number of hydrogen-bond acceptors (Lipinski definition) is 2. The van der Waals surface area contributed by atoms with E-state index >= 15 is 0 Å². The van der Waals surface area contributed by atoms with E-state index in [1.165, 1.54) is 4.88 Å². The zero-order valence-electron chi connectivity index (χ0n) is 8.38. The third kappa shape index (κ3) is 3.58. The van der Waals surface area contributed by atoms with Crippen LogP contribution in [0.3, 0.4) is 0 Å². The summed E-state index contributed by atoms with van der Waals surface area (Å²) < 4.78 is 14.7. The first-order valence-corrected chi connectivity index (χ1v) is 6.16. The second kappa shape index (κ2) is 3.90. The molecule has 2 nitrogen and oxygen atoms in total. The molecule has 1 aromatic rings. The summed E-state index contributed by atoms with van der Waals surface area (Å²) in [7, 11) is -1.07. The lowest BCUT2D eigenvalue weighted by Crippen LogP contribution is -2.36. The zero-order chi connectivity index (χ0) is 10.1. The van der Waals surface area contributed by atoms with Gasteiger partial charge in [0.2, 0.25) is 0 Å². The van der Waals surface area contributed by atoms with Gasteiger partial charge in [0.1, 0.15) is 11.0 Å². The SMILES string of the molecule is Cc1cc(S(=O)NC(C)(C)C)cs1. The standard InChI is InChI=1S/C9H15NOS2/c1-7-5-8(6-12-7)13(11)10-9(2,3)4/h5-6,10H,1-4H3. The van der Waals surface area contributed by atoms with E-state index in [9.17, 15) is 4.21 Å². The predicted molar refractivity (Wildman–Crippen MR) is 58.4 cm³/mol. The summed E-state index contributed by atoms with van der Waals surface area (Å²) in [6.07, 6.45) is 0. The second-order valence-corrected chi connectivity index (χ2v) is 6.34. The Hall–Kier alpha value is -0.190. The Labute approximate surface area is 86.0 Å². The third-order valence-electron chi connectivity index (χ3n) is 1.32. The molecule has 1 atom stereocenters. The van der Waals surface area contributed by atoms with Gasteiger partial charge in [-0.15, -0.1) is 11.3 Å². The van der Waals surface area contributed by atoms with Crippen molar-refractivity contribution in [2.24, 2.45) is 0 Å². The molecule has 74 valence electrons. The lowest BCUT2D eigenvalue weighted by atomic mass is 10.1. The zero-order valence-corrected chi connectivity index (χ0v) is 10.0. The summed E-state index contributed by atoms with van der Waals surface area (Å²) in [5, 5.41) is 1.93. The summed E-state index contributed by atoms with van der Waals surface area (Å²) >= 11 is 1.63. The first-order chi connectivity index (χ1) is 5.88. The molecule has 0 aliphatic heterocycles. The fourth-order valence-corrected chi connectivity index (χ4v) is 2.95. The summed E-state index contributed by atoms with van der Waals surface area (Å²) in [5.74, 6) is 0. The molecule has 0 saturated heterocycles. The first kappa shape index (κ1) is 10.9. The number of aryl methyl sites for hydroxylation is 1. The van der Waals surface area contributed by atoms with Crippen LogP contribution in [-0.4, -0.2) is 9.75 Å². The van der Waals surface area contributed by atoms with Crippen LogP contribution in [0.25, 0.3) is 0 Å². The molecule has 0 saturated carbocycles. The van der Waals surface area contributed by atoms with Gasteiger partial charge in [0.15, 0.2) is 0 Å². The largest absolute Gasteiger partial charge is 0.237 e. The molecule has 13 heavy (non-hydrogen) atoms. The van der Waals surface area contributed by atoms with E-state index in [0.29, 0.717) is 0 Å². The van der Waals surface area contributed by atoms with Crippen LogP contribution < -0.4 is 4.72 Å². The fraction of sp³-hybridized carbons (Fsp3) is 0.556. The Bertz CT molecular complexity index is 312. The second-order valence-electron chi connectivity index (χ2n) is 4.01. The molecule has 0 bridgehead atoms. The molecular weight excluding hydrogens is 202 g/mol. The molecule has 0 aliphatic rings. The highest BCUT2D eigenvalue weighted by Crippen LogP contribution is 2.16. The van der Waals surface area contributed by atoms with E-state index in [1.54, 1.807) is 11.3 Å². The fourth-order valence-electron chi connectivity index (χ4n) is 0.854.